The topological polar surface area (TPSA) is 75.7 Å². The van der Waals surface area contributed by atoms with Crippen molar-refractivity contribution in [1.82, 2.24) is 9.79 Å². The molecule has 0 heterocycles. The van der Waals surface area contributed by atoms with Crippen molar-refractivity contribution in [2.75, 3.05) is 14.2 Å². The van der Waals surface area contributed by atoms with Gasteiger partial charge < -0.3 is 5.32 Å². The molecule has 0 saturated heterocycles. The molecule has 150 valence electrons. The van der Waals surface area contributed by atoms with Crippen molar-refractivity contribution >= 4 is 15.9 Å². The predicted molar refractivity (Wildman–Crippen MR) is 107 cm³/mol. The summed E-state index contributed by atoms with van der Waals surface area (Å²) in [7, 11) is -1.23. The molecule has 6 nitrogen and oxygen atoms in total. The third-order valence-corrected chi connectivity index (χ3v) is 6.89. The van der Waals surface area contributed by atoms with Crippen molar-refractivity contribution in [1.29, 1.82) is 0 Å². The summed E-state index contributed by atoms with van der Waals surface area (Å²) < 4.78 is 25.5. The zero-order valence-electron chi connectivity index (χ0n) is 16.4. The van der Waals surface area contributed by atoms with E-state index in [1.807, 2.05) is 6.92 Å². The second-order valence-electron chi connectivity index (χ2n) is 7.06. The number of hydroxylamine groups is 1. The summed E-state index contributed by atoms with van der Waals surface area (Å²) in [6.45, 7) is 1.93. The van der Waals surface area contributed by atoms with Crippen LogP contribution in [0.25, 0.3) is 0 Å². The van der Waals surface area contributed by atoms with Crippen molar-refractivity contribution in [2.45, 2.75) is 43.5 Å². The maximum Gasteiger partial charge on any atom is 0.264 e. The number of carbonyl (C=O) groups is 1. The average molecular weight is 403 g/mol. The van der Waals surface area contributed by atoms with Crippen molar-refractivity contribution in [3.63, 3.8) is 0 Å². The number of fused-ring (bicyclic) bond motifs is 1. The van der Waals surface area contributed by atoms with Gasteiger partial charge in [-0.25, -0.2) is 8.42 Å². The van der Waals surface area contributed by atoms with Crippen molar-refractivity contribution < 1.29 is 18.0 Å². The minimum atomic E-state index is -3.80. The monoisotopic (exact) mass is 402 g/mol. The molecular formula is C21H26N2O4S. The molecule has 0 aliphatic heterocycles. The van der Waals surface area contributed by atoms with Gasteiger partial charge in [-0.05, 0) is 67.5 Å². The fraction of sp³-hybridized carbons (Fsp3) is 0.381. The minimum absolute atomic E-state index is 0.00549. The van der Waals surface area contributed by atoms with Crippen LogP contribution in [0, 0.1) is 0 Å². The van der Waals surface area contributed by atoms with Gasteiger partial charge in [0.25, 0.3) is 15.9 Å². The lowest BCUT2D eigenvalue weighted by Crippen LogP contribution is -2.28. The summed E-state index contributed by atoms with van der Waals surface area (Å²) in [5.41, 5.74) is 4.10. The Labute approximate surface area is 166 Å². The van der Waals surface area contributed by atoms with E-state index >= 15 is 0 Å². The number of amides is 1. The fourth-order valence-corrected chi connectivity index (χ4v) is 4.45. The first-order valence-corrected chi connectivity index (χ1v) is 10.8. The maximum atomic E-state index is 12.7. The molecule has 1 aliphatic carbocycles. The smallest absolute Gasteiger partial charge is 0.264 e. The number of carbonyl (C=O) groups excluding carboxylic acids is 1. The van der Waals surface area contributed by atoms with Gasteiger partial charge >= 0.3 is 0 Å². The van der Waals surface area contributed by atoms with Gasteiger partial charge in [0.05, 0.1) is 18.0 Å². The Bertz CT molecular complexity index is 972. The van der Waals surface area contributed by atoms with E-state index in [0.29, 0.717) is 0 Å². The Morgan fingerprint density at radius 2 is 1.82 bits per heavy atom. The van der Waals surface area contributed by atoms with E-state index in [4.69, 9.17) is 4.84 Å². The lowest BCUT2D eigenvalue weighted by molar-refractivity contribution is -0.0258. The van der Waals surface area contributed by atoms with Gasteiger partial charge in [0.2, 0.25) is 0 Å². The molecule has 1 aliphatic rings. The number of nitrogens with zero attached hydrogens (tertiary/aromatic N) is 1. The Morgan fingerprint density at radius 3 is 2.54 bits per heavy atom. The number of hydrogen-bond donors (Lipinski definition) is 1. The highest BCUT2D eigenvalue weighted by Crippen LogP contribution is 2.25. The van der Waals surface area contributed by atoms with Gasteiger partial charge in [0.15, 0.2) is 0 Å². The zero-order valence-corrected chi connectivity index (χ0v) is 17.3. The van der Waals surface area contributed by atoms with Gasteiger partial charge in [0.1, 0.15) is 0 Å². The normalized spacial score (nSPS) is 15.1. The molecule has 0 radical (unpaired) electrons. The first kappa shape index (κ1) is 20.5. The van der Waals surface area contributed by atoms with Crippen molar-refractivity contribution in [2.24, 2.45) is 0 Å². The van der Waals surface area contributed by atoms with Crippen molar-refractivity contribution in [3.8, 4) is 0 Å². The molecule has 2 aromatic rings. The average Bonchev–Trinajstić information content (AvgIpc) is 2.72. The lowest BCUT2D eigenvalue weighted by Gasteiger charge is -2.20. The van der Waals surface area contributed by atoms with Crippen molar-refractivity contribution in [3.05, 3.63) is 64.7 Å². The zero-order chi connectivity index (χ0) is 20.3. The largest absolute Gasteiger partial charge is 0.346 e. The predicted octanol–water partition coefficient (Wildman–Crippen LogP) is 3.24. The van der Waals surface area contributed by atoms with Gasteiger partial charge in [-0.2, -0.15) is 0 Å². The van der Waals surface area contributed by atoms with E-state index in [1.165, 1.54) is 50.3 Å². The highest BCUT2D eigenvalue weighted by Gasteiger charge is 2.22. The number of hydrogen-bond acceptors (Lipinski definition) is 4. The van der Waals surface area contributed by atoms with Crippen LogP contribution < -0.4 is 5.32 Å². The molecule has 7 heteroatoms. The molecule has 0 spiro atoms. The summed E-state index contributed by atoms with van der Waals surface area (Å²) >= 11 is 0. The Kier molecular flexibility index (Phi) is 6.17. The summed E-state index contributed by atoms with van der Waals surface area (Å²) in [5, 5.41) is 2.96. The van der Waals surface area contributed by atoms with Gasteiger partial charge in [-0.3, -0.25) is 9.63 Å². The number of rotatable bonds is 6. The van der Waals surface area contributed by atoms with Crippen LogP contribution in [0.1, 0.15) is 52.9 Å². The Morgan fingerprint density at radius 1 is 1.11 bits per heavy atom. The first-order chi connectivity index (χ1) is 13.3. The van der Waals surface area contributed by atoms with Gasteiger partial charge in [-0.15, -0.1) is 0 Å². The third-order valence-electron chi connectivity index (χ3n) is 5.21. The maximum absolute atomic E-state index is 12.7. The number of nitrogens with one attached hydrogen (secondary N) is 1. The Hall–Kier alpha value is -2.22. The molecule has 1 N–H and O–H groups in total. The number of sulfonamides is 1. The lowest BCUT2D eigenvalue weighted by atomic mass is 9.89. The molecular weight excluding hydrogens is 376 g/mol. The van der Waals surface area contributed by atoms with E-state index in [1.54, 1.807) is 12.1 Å². The fourth-order valence-electron chi connectivity index (χ4n) is 3.43. The van der Waals surface area contributed by atoms with E-state index in [9.17, 15) is 13.2 Å². The third kappa shape index (κ3) is 4.27. The highest BCUT2D eigenvalue weighted by molar-refractivity contribution is 7.89. The quantitative estimate of drug-likeness (QED) is 0.753. The van der Waals surface area contributed by atoms with E-state index in [2.05, 4.69) is 23.5 Å². The van der Waals surface area contributed by atoms with Crippen LogP contribution in [0.4, 0.5) is 0 Å². The molecule has 0 fully saturated rings. The van der Waals surface area contributed by atoms with E-state index in [0.717, 1.165) is 22.9 Å². The SMILES string of the molecule is CON(C)S(=O)(=O)c1cccc(C(=O)N[C@H](C)c2ccc3c(c2)CCCC3)c1. The van der Waals surface area contributed by atoms with Crippen LogP contribution in [0.2, 0.25) is 0 Å². The van der Waals surface area contributed by atoms with Crippen LogP contribution in [0.15, 0.2) is 47.4 Å². The molecule has 0 bridgehead atoms. The second kappa shape index (κ2) is 8.43. The summed E-state index contributed by atoms with van der Waals surface area (Å²) in [6.07, 6.45) is 4.63. The van der Waals surface area contributed by atoms with E-state index in [-0.39, 0.29) is 22.4 Å². The second-order valence-corrected chi connectivity index (χ2v) is 8.99. The van der Waals surface area contributed by atoms with E-state index < -0.39 is 10.0 Å². The van der Waals surface area contributed by atoms with Crippen LogP contribution in [-0.2, 0) is 27.7 Å². The van der Waals surface area contributed by atoms with Gasteiger partial charge in [-0.1, -0.05) is 28.7 Å². The molecule has 0 saturated carbocycles. The molecule has 0 unspecified atom stereocenters. The number of benzene rings is 2. The molecule has 1 amide bonds. The number of aryl methyl sites for hydroxylation is 2. The summed E-state index contributed by atoms with van der Waals surface area (Å²) in [5.74, 6) is -0.317. The standard InChI is InChI=1S/C21H26N2O4S/c1-15(17-12-11-16-7-4-5-8-18(16)13-17)22-21(24)19-9-6-10-20(14-19)28(25,26)23(2)27-3/h6,9-15H,4-5,7-8H2,1-3H3,(H,22,24)/t15-/m1/s1. The highest BCUT2D eigenvalue weighted by atomic mass is 32.2. The molecule has 0 aromatic heterocycles. The Balaban J connectivity index is 1.77. The van der Waals surface area contributed by atoms with Crippen LogP contribution in [0.3, 0.4) is 0 Å². The molecule has 28 heavy (non-hydrogen) atoms. The van der Waals surface area contributed by atoms with Crippen LogP contribution in [0.5, 0.6) is 0 Å². The summed E-state index contributed by atoms with van der Waals surface area (Å²) in [4.78, 5) is 17.5. The molecule has 3 rings (SSSR count). The molecule has 1 atom stereocenters. The first-order valence-electron chi connectivity index (χ1n) is 9.38. The van der Waals surface area contributed by atoms with Gasteiger partial charge in [0, 0.05) is 12.6 Å². The summed E-state index contributed by atoms with van der Waals surface area (Å²) in [6, 6.07) is 12.2. The minimum Gasteiger partial charge on any atom is -0.346 e. The molecule has 2 aromatic carbocycles. The van der Waals surface area contributed by atoms with Crippen LogP contribution in [-0.4, -0.2) is 33.0 Å². The van der Waals surface area contributed by atoms with Crippen LogP contribution >= 0.6 is 0 Å².